The Morgan fingerprint density at radius 1 is 1.09 bits per heavy atom. The number of nitrogens with zero attached hydrogens (tertiary/aromatic N) is 3. The molecule has 0 radical (unpaired) electrons. The Balaban J connectivity index is 1.52. The van der Waals surface area contributed by atoms with Gasteiger partial charge >= 0.3 is 5.97 Å². The molecule has 1 saturated carbocycles. The molecular formula is C20H22ClN3O9. The Hall–Kier alpha value is -2.23. The monoisotopic (exact) mass is 483 g/mol. The number of benzene rings is 1. The number of halogens is 1. The molecule has 2 heterocycles. The third kappa shape index (κ3) is 5.31. The van der Waals surface area contributed by atoms with E-state index in [1.165, 1.54) is 0 Å². The van der Waals surface area contributed by atoms with Gasteiger partial charge in [0.05, 0.1) is 29.0 Å². The third-order valence-corrected chi connectivity index (χ3v) is 5.89. The van der Waals surface area contributed by atoms with Crippen molar-refractivity contribution in [2.45, 2.75) is 44.7 Å². The van der Waals surface area contributed by atoms with Gasteiger partial charge in [-0.05, 0) is 37.5 Å². The molecule has 0 spiro atoms. The highest BCUT2D eigenvalue weighted by Crippen LogP contribution is 2.42. The number of hydrogen-bond acceptors (Lipinski definition) is 12. The van der Waals surface area contributed by atoms with Crippen LogP contribution in [-0.2, 0) is 25.8 Å². The van der Waals surface area contributed by atoms with E-state index >= 15 is 0 Å². The number of esters is 1. The fourth-order valence-corrected chi connectivity index (χ4v) is 4.26. The zero-order chi connectivity index (χ0) is 23.7. The van der Waals surface area contributed by atoms with Crippen LogP contribution in [0.15, 0.2) is 30.5 Å². The van der Waals surface area contributed by atoms with Gasteiger partial charge in [-0.25, -0.2) is 9.68 Å². The molecule has 0 bridgehead atoms. The average Bonchev–Trinajstić information content (AvgIpc) is 3.34. The van der Waals surface area contributed by atoms with Crippen molar-refractivity contribution in [1.82, 2.24) is 15.8 Å². The van der Waals surface area contributed by atoms with Crippen molar-refractivity contribution < 1.29 is 44.8 Å². The quantitative estimate of drug-likeness (QED) is 0.338. The maximum absolute atomic E-state index is 12.9. The summed E-state index contributed by atoms with van der Waals surface area (Å²) in [4.78, 5) is 26.8. The summed E-state index contributed by atoms with van der Waals surface area (Å²) in [5.74, 6) is -1.13. The van der Waals surface area contributed by atoms with Crippen molar-refractivity contribution in [1.29, 1.82) is 0 Å². The summed E-state index contributed by atoms with van der Waals surface area (Å²) in [5, 5.41) is 35.3. The Bertz CT molecular complexity index is 987. The van der Waals surface area contributed by atoms with Crippen LogP contribution in [0.1, 0.15) is 41.3 Å². The van der Waals surface area contributed by atoms with Gasteiger partial charge in [-0.1, -0.05) is 23.7 Å². The normalized spacial score (nSPS) is 24.5. The van der Waals surface area contributed by atoms with Crippen molar-refractivity contribution in [3.63, 3.8) is 0 Å². The van der Waals surface area contributed by atoms with Crippen LogP contribution in [-0.4, -0.2) is 54.8 Å². The average molecular weight is 484 g/mol. The molecule has 33 heavy (non-hydrogen) atoms. The maximum atomic E-state index is 12.9. The number of pyridine rings is 1. The Labute approximate surface area is 192 Å². The zero-order valence-corrected chi connectivity index (χ0v) is 18.1. The predicted octanol–water partition coefficient (Wildman–Crippen LogP) is 2.74. The zero-order valence-electron chi connectivity index (χ0n) is 17.4. The second kappa shape index (κ2) is 9.95. The van der Waals surface area contributed by atoms with Gasteiger partial charge in [0, 0.05) is 22.3 Å². The minimum Gasteiger partial charge on any atom is -0.424 e. The molecule has 2 unspecified atom stereocenters. The summed E-state index contributed by atoms with van der Waals surface area (Å²) in [7, 11) is 0. The number of rotatable bonds is 7. The van der Waals surface area contributed by atoms with E-state index in [-0.39, 0.29) is 31.3 Å². The summed E-state index contributed by atoms with van der Waals surface area (Å²) >= 11 is 5.97. The van der Waals surface area contributed by atoms with Gasteiger partial charge in [-0.15, -0.1) is 0 Å². The maximum Gasteiger partial charge on any atom is 0.314 e. The summed E-state index contributed by atoms with van der Waals surface area (Å²) in [6.07, 6.45) is -0.868. The summed E-state index contributed by atoms with van der Waals surface area (Å²) in [5.41, 5.74) is 2.84. The molecule has 4 atom stereocenters. The Morgan fingerprint density at radius 3 is 2.27 bits per heavy atom. The summed E-state index contributed by atoms with van der Waals surface area (Å²) < 4.78 is 11.6. The largest absolute Gasteiger partial charge is 0.424 e. The second-order valence-corrected chi connectivity index (χ2v) is 8.17. The van der Waals surface area contributed by atoms with Crippen molar-refractivity contribution in [2.24, 2.45) is 5.92 Å². The third-order valence-electron chi connectivity index (χ3n) is 5.64. The van der Waals surface area contributed by atoms with Gasteiger partial charge < -0.3 is 9.47 Å². The molecule has 2 aromatic rings. The van der Waals surface area contributed by atoms with Crippen LogP contribution in [0, 0.1) is 12.8 Å². The predicted molar refractivity (Wildman–Crippen MR) is 106 cm³/mol. The molecule has 4 N–H and O–H groups in total. The summed E-state index contributed by atoms with van der Waals surface area (Å²) in [6.45, 7) is 1.92. The van der Waals surface area contributed by atoms with Crippen LogP contribution in [0.4, 0.5) is 0 Å². The molecule has 0 saturated heterocycles. The Kier molecular flexibility index (Phi) is 7.21. The number of fused-ring (bicyclic) bond motifs is 1. The van der Waals surface area contributed by atoms with Crippen molar-refractivity contribution >= 4 is 17.6 Å². The first-order chi connectivity index (χ1) is 15.7. The van der Waals surface area contributed by atoms with Crippen LogP contribution < -0.4 is 4.74 Å². The fourth-order valence-electron chi connectivity index (χ4n) is 4.13. The molecule has 12 nitrogen and oxygen atoms in total. The number of ether oxygens (including phenoxy) is 2. The van der Waals surface area contributed by atoms with E-state index in [2.05, 4.69) is 4.98 Å². The minimum atomic E-state index is -1.06. The van der Waals surface area contributed by atoms with E-state index < -0.39 is 34.9 Å². The standard InChI is InChI=1S/C20H22ClN3O9/c1-10-18(15-9-30-19(14(15)8-22-10)11-2-4-13(21)5-3-11)31-20(25)12-6-16(32-23(26)27)17(7-12)33-24(28)29/h2-5,8,12,16-17,19,26-29H,6-7,9H2,1H3/t12?,16-,17+,19?. The second-order valence-electron chi connectivity index (χ2n) is 7.73. The van der Waals surface area contributed by atoms with E-state index in [1.807, 2.05) is 12.1 Å². The summed E-state index contributed by atoms with van der Waals surface area (Å²) in [6, 6.07) is 7.22. The molecule has 1 aromatic carbocycles. The van der Waals surface area contributed by atoms with E-state index in [9.17, 15) is 4.79 Å². The number of carbonyl (C=O) groups is 1. The Morgan fingerprint density at radius 2 is 1.70 bits per heavy atom. The van der Waals surface area contributed by atoms with Crippen LogP contribution in [0.25, 0.3) is 0 Å². The molecule has 4 rings (SSSR count). The van der Waals surface area contributed by atoms with Gasteiger partial charge in [-0.3, -0.25) is 30.6 Å². The number of hydrogen-bond donors (Lipinski definition) is 4. The highest BCUT2D eigenvalue weighted by atomic mass is 35.5. The lowest BCUT2D eigenvalue weighted by Gasteiger charge is -2.20. The number of aryl methyl sites for hydroxylation is 1. The molecule has 178 valence electrons. The molecule has 1 aliphatic carbocycles. The first kappa shape index (κ1) is 23.9. The molecule has 13 heteroatoms. The smallest absolute Gasteiger partial charge is 0.314 e. The van der Waals surface area contributed by atoms with E-state index in [1.54, 1.807) is 25.3 Å². The minimum absolute atomic E-state index is 0.0274. The van der Waals surface area contributed by atoms with Crippen LogP contribution in [0.5, 0.6) is 5.75 Å². The fraction of sp³-hybridized carbons (Fsp3) is 0.400. The molecule has 2 aliphatic rings. The van der Waals surface area contributed by atoms with Gasteiger partial charge in [0.25, 0.3) is 0 Å². The lowest BCUT2D eigenvalue weighted by molar-refractivity contribution is -0.535. The number of aromatic nitrogens is 1. The molecule has 1 aromatic heterocycles. The molecule has 0 amide bonds. The van der Waals surface area contributed by atoms with Crippen LogP contribution >= 0.6 is 11.6 Å². The van der Waals surface area contributed by atoms with Crippen molar-refractivity contribution in [3.05, 3.63) is 57.9 Å². The van der Waals surface area contributed by atoms with Gasteiger partial charge in [0.1, 0.15) is 18.3 Å². The van der Waals surface area contributed by atoms with Crippen LogP contribution in [0.3, 0.4) is 0 Å². The molecule has 1 fully saturated rings. The van der Waals surface area contributed by atoms with Crippen molar-refractivity contribution in [3.8, 4) is 5.75 Å². The van der Waals surface area contributed by atoms with E-state index in [4.69, 9.17) is 51.6 Å². The highest BCUT2D eigenvalue weighted by molar-refractivity contribution is 6.30. The lowest BCUT2D eigenvalue weighted by atomic mass is 10.00. The van der Waals surface area contributed by atoms with Crippen molar-refractivity contribution in [2.75, 3.05) is 0 Å². The molecule has 1 aliphatic heterocycles. The first-order valence-corrected chi connectivity index (χ1v) is 10.4. The van der Waals surface area contributed by atoms with Gasteiger partial charge in [0.2, 0.25) is 0 Å². The van der Waals surface area contributed by atoms with Crippen LogP contribution in [0.2, 0.25) is 5.02 Å². The lowest BCUT2D eigenvalue weighted by Crippen LogP contribution is -2.35. The first-order valence-electron chi connectivity index (χ1n) is 9.99. The molecular weight excluding hydrogens is 462 g/mol. The van der Waals surface area contributed by atoms with E-state index in [0.717, 1.165) is 11.1 Å². The number of carbonyl (C=O) groups excluding carboxylic acids is 1. The van der Waals surface area contributed by atoms with Gasteiger partial charge in [-0.2, -0.15) is 0 Å². The highest BCUT2D eigenvalue weighted by Gasteiger charge is 2.43. The van der Waals surface area contributed by atoms with Gasteiger partial charge in [0.15, 0.2) is 5.75 Å². The SMILES string of the molecule is Cc1ncc2c(c1OC(=O)C1C[C@H](ON(O)O)[C@H](ON(O)O)C1)COC2c1ccc(Cl)cc1. The van der Waals surface area contributed by atoms with E-state index in [0.29, 0.717) is 16.3 Å². The topological polar surface area (TPSA) is 154 Å².